The third kappa shape index (κ3) is 7.53. The molecule has 27 heavy (non-hydrogen) atoms. The van der Waals surface area contributed by atoms with E-state index in [9.17, 15) is 4.79 Å². The topological polar surface area (TPSA) is 73.1 Å². The Hall–Kier alpha value is -1.55. The van der Waals surface area contributed by atoms with Crippen molar-refractivity contribution in [3.63, 3.8) is 0 Å². The first kappa shape index (κ1) is 21.7. The third-order valence-electron chi connectivity index (χ3n) is 4.59. The van der Waals surface area contributed by atoms with Gasteiger partial charge in [0, 0.05) is 51.7 Å². The number of rotatable bonds is 8. The quantitative estimate of drug-likeness (QED) is 0.252. The fraction of sp³-hybridized carbons (Fsp3) is 0.579. The average Bonchev–Trinajstić information content (AvgIpc) is 3.30. The molecule has 8 heteroatoms. The number of halogens is 1. The summed E-state index contributed by atoms with van der Waals surface area (Å²) in [5.41, 5.74) is 0. The lowest BCUT2D eigenvalue weighted by atomic mass is 10.3. The Bertz CT molecular complexity index is 608. The van der Waals surface area contributed by atoms with E-state index in [1.165, 1.54) is 0 Å². The summed E-state index contributed by atoms with van der Waals surface area (Å²) in [6.45, 7) is 9.08. The van der Waals surface area contributed by atoms with Crippen molar-refractivity contribution in [3.05, 3.63) is 36.8 Å². The molecule has 1 saturated carbocycles. The van der Waals surface area contributed by atoms with Crippen molar-refractivity contribution in [2.24, 2.45) is 4.99 Å². The molecule has 7 nitrogen and oxygen atoms in total. The predicted octanol–water partition coefficient (Wildman–Crippen LogP) is 1.47. The Morgan fingerprint density at radius 2 is 2.11 bits per heavy atom. The van der Waals surface area contributed by atoms with Crippen LogP contribution in [0.1, 0.15) is 18.6 Å². The summed E-state index contributed by atoms with van der Waals surface area (Å²) in [7, 11) is 0. The van der Waals surface area contributed by atoms with Crippen LogP contribution in [0.4, 0.5) is 0 Å². The summed E-state index contributed by atoms with van der Waals surface area (Å²) in [5, 5.41) is 6.39. The van der Waals surface area contributed by atoms with E-state index in [2.05, 4.69) is 27.0 Å². The number of guanidine groups is 1. The zero-order valence-corrected chi connectivity index (χ0v) is 18.1. The molecule has 2 fully saturated rings. The van der Waals surface area contributed by atoms with Gasteiger partial charge >= 0.3 is 0 Å². The van der Waals surface area contributed by atoms with Gasteiger partial charge in [-0.25, -0.2) is 0 Å². The van der Waals surface area contributed by atoms with Gasteiger partial charge in [-0.2, -0.15) is 0 Å². The van der Waals surface area contributed by atoms with Crippen LogP contribution in [0.3, 0.4) is 0 Å². The molecule has 1 aromatic heterocycles. The zero-order valence-electron chi connectivity index (χ0n) is 15.7. The lowest BCUT2D eigenvalue weighted by Gasteiger charge is -2.36. The second-order valence-electron chi connectivity index (χ2n) is 6.81. The maximum Gasteiger partial charge on any atom is 0.234 e. The van der Waals surface area contributed by atoms with Crippen LogP contribution < -0.4 is 10.6 Å². The van der Waals surface area contributed by atoms with Crippen molar-refractivity contribution in [2.75, 3.05) is 45.8 Å². The van der Waals surface area contributed by atoms with E-state index in [-0.39, 0.29) is 29.9 Å². The van der Waals surface area contributed by atoms with Crippen LogP contribution in [0.15, 0.2) is 40.5 Å². The van der Waals surface area contributed by atoms with Crippen LogP contribution in [0, 0.1) is 0 Å². The van der Waals surface area contributed by atoms with Crippen molar-refractivity contribution in [3.8, 4) is 0 Å². The summed E-state index contributed by atoms with van der Waals surface area (Å²) in [6, 6.07) is 4.30. The van der Waals surface area contributed by atoms with E-state index >= 15 is 0 Å². The van der Waals surface area contributed by atoms with Crippen LogP contribution in [0.2, 0.25) is 0 Å². The number of hydrogen-bond donors (Lipinski definition) is 2. The number of hydrogen-bond acceptors (Lipinski definition) is 4. The lowest BCUT2D eigenvalue weighted by molar-refractivity contribution is -0.122. The third-order valence-corrected chi connectivity index (χ3v) is 4.59. The van der Waals surface area contributed by atoms with E-state index < -0.39 is 0 Å². The van der Waals surface area contributed by atoms with Gasteiger partial charge in [0.15, 0.2) is 5.96 Å². The fourth-order valence-electron chi connectivity index (χ4n) is 2.98. The summed E-state index contributed by atoms with van der Waals surface area (Å²) in [6.07, 6.45) is 6.57. The van der Waals surface area contributed by atoms with Crippen molar-refractivity contribution >= 4 is 35.8 Å². The minimum Gasteiger partial charge on any atom is -0.469 e. The predicted molar refractivity (Wildman–Crippen MR) is 118 cm³/mol. The molecule has 1 aliphatic carbocycles. The van der Waals surface area contributed by atoms with Gasteiger partial charge in [-0.3, -0.25) is 14.7 Å². The molecule has 0 bridgehead atoms. The molecule has 0 unspecified atom stereocenters. The minimum absolute atomic E-state index is 0. The monoisotopic (exact) mass is 487 g/mol. The minimum atomic E-state index is 0. The van der Waals surface area contributed by atoms with E-state index in [1.54, 1.807) is 6.26 Å². The molecule has 1 aliphatic heterocycles. The Kier molecular flexibility index (Phi) is 9.12. The average molecular weight is 487 g/mol. The second-order valence-corrected chi connectivity index (χ2v) is 6.81. The van der Waals surface area contributed by atoms with Gasteiger partial charge in [0.2, 0.25) is 5.91 Å². The molecule has 150 valence electrons. The molecule has 0 aromatic carbocycles. The second kappa shape index (κ2) is 11.3. The molecular weight excluding hydrogens is 457 g/mol. The molecule has 0 atom stereocenters. The van der Waals surface area contributed by atoms with Crippen LogP contribution in [-0.2, 0) is 11.2 Å². The van der Waals surface area contributed by atoms with Gasteiger partial charge in [0.05, 0.1) is 12.8 Å². The molecular formula is C19H30IN5O2. The number of aliphatic imine (C=N–C) groups is 1. The lowest BCUT2D eigenvalue weighted by Crippen LogP contribution is -2.54. The summed E-state index contributed by atoms with van der Waals surface area (Å²) in [5.74, 6) is 2.00. The van der Waals surface area contributed by atoms with Crippen LogP contribution >= 0.6 is 24.0 Å². The Morgan fingerprint density at radius 1 is 1.33 bits per heavy atom. The maximum atomic E-state index is 11.9. The molecule has 2 heterocycles. The fourth-order valence-corrected chi connectivity index (χ4v) is 2.98. The Labute approximate surface area is 178 Å². The summed E-state index contributed by atoms with van der Waals surface area (Å²) >= 11 is 0. The van der Waals surface area contributed by atoms with Crippen molar-refractivity contribution < 1.29 is 9.21 Å². The first-order valence-corrected chi connectivity index (χ1v) is 9.43. The Morgan fingerprint density at radius 3 is 2.74 bits per heavy atom. The molecule has 2 N–H and O–H groups in total. The SMILES string of the molecule is C=CCNC(=NCCc1ccco1)N1CCN(CC(=O)NC2CC2)CC1.I. The Balaban J connectivity index is 0.00000261. The van der Waals surface area contributed by atoms with Crippen LogP contribution in [-0.4, -0.2) is 73.5 Å². The highest BCUT2D eigenvalue weighted by Gasteiger charge is 2.25. The van der Waals surface area contributed by atoms with Gasteiger partial charge in [-0.05, 0) is 25.0 Å². The molecule has 3 rings (SSSR count). The van der Waals surface area contributed by atoms with Crippen LogP contribution in [0.25, 0.3) is 0 Å². The highest BCUT2D eigenvalue weighted by Crippen LogP contribution is 2.18. The normalized spacial score (nSPS) is 17.9. The van der Waals surface area contributed by atoms with Crippen molar-refractivity contribution in [1.29, 1.82) is 0 Å². The number of nitrogens with zero attached hydrogens (tertiary/aromatic N) is 3. The number of carbonyl (C=O) groups excluding carboxylic acids is 1. The standard InChI is InChI=1S/C19H29N5O2.HI/c1-2-8-20-19(21-9-7-17-4-3-14-26-17)24-12-10-23(11-13-24)15-18(25)22-16-5-6-16;/h2-4,14,16H,1,5-13,15H2,(H,20,21)(H,22,25);1H. The molecule has 0 radical (unpaired) electrons. The van der Waals surface area contributed by atoms with E-state index in [0.717, 1.165) is 57.2 Å². The first-order chi connectivity index (χ1) is 12.7. The zero-order chi connectivity index (χ0) is 18.2. The highest BCUT2D eigenvalue weighted by molar-refractivity contribution is 14.0. The number of piperazine rings is 1. The molecule has 1 aromatic rings. The van der Waals surface area contributed by atoms with Gasteiger partial charge in [0.1, 0.15) is 5.76 Å². The highest BCUT2D eigenvalue weighted by atomic mass is 127. The molecule has 1 saturated heterocycles. The van der Waals surface area contributed by atoms with E-state index in [0.29, 0.717) is 25.7 Å². The van der Waals surface area contributed by atoms with Gasteiger partial charge in [-0.1, -0.05) is 6.08 Å². The number of amides is 1. The van der Waals surface area contributed by atoms with Gasteiger partial charge < -0.3 is 20.0 Å². The van der Waals surface area contributed by atoms with Gasteiger partial charge in [0.25, 0.3) is 0 Å². The van der Waals surface area contributed by atoms with E-state index in [4.69, 9.17) is 9.41 Å². The summed E-state index contributed by atoms with van der Waals surface area (Å²) in [4.78, 5) is 21.1. The smallest absolute Gasteiger partial charge is 0.234 e. The number of nitrogens with one attached hydrogen (secondary N) is 2. The number of furan rings is 1. The molecule has 0 spiro atoms. The first-order valence-electron chi connectivity index (χ1n) is 9.43. The van der Waals surface area contributed by atoms with Crippen molar-refractivity contribution in [1.82, 2.24) is 20.4 Å². The molecule has 1 amide bonds. The van der Waals surface area contributed by atoms with E-state index in [1.807, 2.05) is 18.2 Å². The number of carbonyl (C=O) groups is 1. The van der Waals surface area contributed by atoms with Crippen molar-refractivity contribution in [2.45, 2.75) is 25.3 Å². The maximum absolute atomic E-state index is 11.9. The summed E-state index contributed by atoms with van der Waals surface area (Å²) < 4.78 is 5.36. The van der Waals surface area contributed by atoms with Gasteiger partial charge in [-0.15, -0.1) is 30.6 Å². The van der Waals surface area contributed by atoms with Crippen LogP contribution in [0.5, 0.6) is 0 Å². The largest absolute Gasteiger partial charge is 0.469 e. The molecule has 2 aliphatic rings.